The second-order valence-corrected chi connectivity index (χ2v) is 7.58. The van der Waals surface area contributed by atoms with Crippen LogP contribution in [0.1, 0.15) is 53.4 Å². The van der Waals surface area contributed by atoms with Gasteiger partial charge in [0.2, 0.25) is 0 Å². The van der Waals surface area contributed by atoms with Crippen molar-refractivity contribution in [2.24, 2.45) is 5.92 Å². The molecule has 0 unspecified atom stereocenters. The summed E-state index contributed by atoms with van der Waals surface area (Å²) in [5.74, 6) is 0.506. The molecule has 3 rings (SSSR count). The lowest BCUT2D eigenvalue weighted by molar-refractivity contribution is 0.0916. The molecule has 4 heteroatoms. The van der Waals surface area contributed by atoms with Gasteiger partial charge in [0.1, 0.15) is 0 Å². The Balaban J connectivity index is 1.80. The second-order valence-electron chi connectivity index (χ2n) is 5.86. The molecule has 1 atom stereocenters. The van der Waals surface area contributed by atoms with E-state index in [0.717, 1.165) is 0 Å². The first kappa shape index (κ1) is 15.6. The van der Waals surface area contributed by atoms with E-state index < -0.39 is 0 Å². The van der Waals surface area contributed by atoms with E-state index in [9.17, 15) is 4.79 Å². The average molecular weight is 334 g/mol. The number of hydrogen-bond donors (Lipinski definition) is 1. The molecule has 0 radical (unpaired) electrons. The van der Waals surface area contributed by atoms with Gasteiger partial charge in [-0.15, -0.1) is 11.3 Å². The van der Waals surface area contributed by atoms with Crippen molar-refractivity contribution in [3.8, 4) is 0 Å². The fourth-order valence-corrected chi connectivity index (χ4v) is 4.20. The fourth-order valence-electron chi connectivity index (χ4n) is 3.25. The van der Waals surface area contributed by atoms with Gasteiger partial charge in [-0.3, -0.25) is 4.79 Å². The lowest BCUT2D eigenvalue weighted by Gasteiger charge is -2.31. The first-order chi connectivity index (χ1) is 10.7. The predicted octanol–water partition coefficient (Wildman–Crippen LogP) is 5.45. The van der Waals surface area contributed by atoms with Gasteiger partial charge in [-0.2, -0.15) is 0 Å². The number of carbonyl (C=O) groups is 1. The van der Waals surface area contributed by atoms with E-state index >= 15 is 0 Å². The molecule has 116 valence electrons. The molecule has 1 saturated carbocycles. The summed E-state index contributed by atoms with van der Waals surface area (Å²) in [6.07, 6.45) is 6.20. The Morgan fingerprint density at radius 3 is 2.45 bits per heavy atom. The summed E-state index contributed by atoms with van der Waals surface area (Å²) in [6, 6.07) is 14.0. The van der Waals surface area contributed by atoms with E-state index in [1.165, 1.54) is 49.0 Å². The van der Waals surface area contributed by atoms with Crippen molar-refractivity contribution >= 4 is 28.8 Å². The minimum atomic E-state index is -0.0173. The Hall–Kier alpha value is -1.32. The molecule has 1 aliphatic carbocycles. The van der Waals surface area contributed by atoms with Crippen molar-refractivity contribution in [3.63, 3.8) is 0 Å². The number of nitrogens with one attached hydrogen (secondary N) is 1. The molecule has 1 aliphatic rings. The fraction of sp³-hybridized carbons (Fsp3) is 0.389. The van der Waals surface area contributed by atoms with Crippen LogP contribution >= 0.6 is 22.9 Å². The first-order valence-electron chi connectivity index (χ1n) is 7.85. The Morgan fingerprint density at radius 2 is 1.82 bits per heavy atom. The van der Waals surface area contributed by atoms with Crippen LogP contribution in [-0.4, -0.2) is 5.91 Å². The number of thiophene rings is 1. The highest BCUT2D eigenvalue weighted by Crippen LogP contribution is 2.35. The zero-order chi connectivity index (χ0) is 15.4. The number of benzene rings is 1. The van der Waals surface area contributed by atoms with E-state index in [-0.39, 0.29) is 11.9 Å². The molecule has 1 heterocycles. The molecule has 22 heavy (non-hydrogen) atoms. The van der Waals surface area contributed by atoms with Crippen LogP contribution in [0.3, 0.4) is 0 Å². The molecular formula is C18H20ClNOS. The van der Waals surface area contributed by atoms with Gasteiger partial charge in [-0.25, -0.2) is 0 Å². The van der Waals surface area contributed by atoms with Crippen LogP contribution < -0.4 is 5.32 Å². The van der Waals surface area contributed by atoms with E-state index in [1.807, 2.05) is 18.2 Å². The quantitative estimate of drug-likeness (QED) is 0.791. The molecule has 1 aromatic heterocycles. The number of halogens is 1. The molecular weight excluding hydrogens is 314 g/mol. The van der Waals surface area contributed by atoms with Crippen LogP contribution in [0, 0.1) is 5.92 Å². The van der Waals surface area contributed by atoms with Gasteiger partial charge >= 0.3 is 0 Å². The maximum absolute atomic E-state index is 12.5. The molecule has 0 spiro atoms. The predicted molar refractivity (Wildman–Crippen MR) is 92.6 cm³/mol. The van der Waals surface area contributed by atoms with Gasteiger partial charge in [0.05, 0.1) is 15.3 Å². The summed E-state index contributed by atoms with van der Waals surface area (Å²) in [5, 5.41) is 3.25. The van der Waals surface area contributed by atoms with Gasteiger partial charge < -0.3 is 5.32 Å². The third-order valence-electron chi connectivity index (χ3n) is 4.36. The van der Waals surface area contributed by atoms with Crippen molar-refractivity contribution in [2.45, 2.75) is 38.1 Å². The summed E-state index contributed by atoms with van der Waals surface area (Å²) >= 11 is 7.28. The van der Waals surface area contributed by atoms with Crippen molar-refractivity contribution < 1.29 is 4.79 Å². The molecule has 2 nitrogen and oxygen atoms in total. The first-order valence-corrected chi connectivity index (χ1v) is 9.04. The lowest BCUT2D eigenvalue weighted by atomic mass is 9.81. The number of amides is 1. The average Bonchev–Trinajstić information content (AvgIpc) is 3.01. The van der Waals surface area contributed by atoms with E-state index in [4.69, 9.17) is 11.6 Å². The maximum Gasteiger partial charge on any atom is 0.261 e. The number of hydrogen-bond acceptors (Lipinski definition) is 2. The summed E-state index contributed by atoms with van der Waals surface area (Å²) in [6.45, 7) is 0. The van der Waals surface area contributed by atoms with Gasteiger partial charge in [-0.1, -0.05) is 61.2 Å². The minimum Gasteiger partial charge on any atom is -0.344 e. The minimum absolute atomic E-state index is 0.0173. The third kappa shape index (κ3) is 3.71. The molecule has 1 amide bonds. The summed E-state index contributed by atoms with van der Waals surface area (Å²) < 4.78 is 0.652. The Bertz CT molecular complexity index is 619. The molecule has 0 aliphatic heterocycles. The molecule has 0 saturated heterocycles. The van der Waals surface area contributed by atoms with Crippen molar-refractivity contribution in [2.75, 3.05) is 0 Å². The number of rotatable bonds is 4. The highest BCUT2D eigenvalue weighted by atomic mass is 35.5. The highest BCUT2D eigenvalue weighted by Gasteiger charge is 2.27. The van der Waals surface area contributed by atoms with E-state index in [1.54, 1.807) is 12.1 Å². The van der Waals surface area contributed by atoms with Gasteiger partial charge in [0, 0.05) is 0 Å². The number of carbonyl (C=O) groups excluding carboxylic acids is 1. The van der Waals surface area contributed by atoms with Crippen molar-refractivity contribution in [1.29, 1.82) is 0 Å². The van der Waals surface area contributed by atoms with Crippen molar-refractivity contribution in [1.82, 2.24) is 5.32 Å². The molecule has 1 aromatic carbocycles. The normalized spacial score (nSPS) is 17.1. The van der Waals surface area contributed by atoms with E-state index in [0.29, 0.717) is 15.1 Å². The standard InChI is InChI=1S/C18H20ClNOS/c19-16-12-11-15(22-16)18(21)20-17(13-7-3-1-4-8-13)14-9-5-2-6-10-14/h1,3-4,7-8,11-12,14,17H,2,5-6,9-10H2,(H,20,21)/t17-/m1/s1. The van der Waals surface area contributed by atoms with Crippen LogP contribution in [0.5, 0.6) is 0 Å². The second kappa shape index (κ2) is 7.30. The zero-order valence-corrected chi connectivity index (χ0v) is 14.0. The van der Waals surface area contributed by atoms with Crippen LogP contribution in [0.2, 0.25) is 4.34 Å². The summed E-state index contributed by atoms with van der Waals surface area (Å²) in [5.41, 5.74) is 1.20. The van der Waals surface area contributed by atoms with Crippen LogP contribution in [0.4, 0.5) is 0 Å². The third-order valence-corrected chi connectivity index (χ3v) is 5.59. The smallest absolute Gasteiger partial charge is 0.261 e. The molecule has 1 N–H and O–H groups in total. The van der Waals surface area contributed by atoms with Crippen LogP contribution in [-0.2, 0) is 0 Å². The summed E-state index contributed by atoms with van der Waals surface area (Å²) in [4.78, 5) is 13.2. The Kier molecular flexibility index (Phi) is 5.16. The molecule has 0 bridgehead atoms. The summed E-state index contributed by atoms with van der Waals surface area (Å²) in [7, 11) is 0. The lowest BCUT2D eigenvalue weighted by Crippen LogP contribution is -2.34. The Morgan fingerprint density at radius 1 is 1.09 bits per heavy atom. The monoisotopic (exact) mass is 333 g/mol. The molecule has 1 fully saturated rings. The largest absolute Gasteiger partial charge is 0.344 e. The Labute approximate surface area is 140 Å². The van der Waals surface area contributed by atoms with Crippen LogP contribution in [0.25, 0.3) is 0 Å². The molecule has 2 aromatic rings. The maximum atomic E-state index is 12.5. The van der Waals surface area contributed by atoms with Gasteiger partial charge in [0.15, 0.2) is 0 Å². The highest BCUT2D eigenvalue weighted by molar-refractivity contribution is 7.17. The van der Waals surface area contributed by atoms with Gasteiger partial charge in [-0.05, 0) is 36.5 Å². The van der Waals surface area contributed by atoms with Gasteiger partial charge in [0.25, 0.3) is 5.91 Å². The topological polar surface area (TPSA) is 29.1 Å². The SMILES string of the molecule is O=C(N[C@H](c1ccccc1)C1CCCCC1)c1ccc(Cl)s1. The van der Waals surface area contributed by atoms with Crippen LogP contribution in [0.15, 0.2) is 42.5 Å². The van der Waals surface area contributed by atoms with E-state index in [2.05, 4.69) is 17.4 Å². The zero-order valence-electron chi connectivity index (χ0n) is 12.4. The van der Waals surface area contributed by atoms with Crippen molar-refractivity contribution in [3.05, 3.63) is 57.2 Å².